The number of nitrogens with two attached hydrogens (primary N) is 1. The molecule has 1 aliphatic carbocycles. The molecule has 1 fully saturated rings. The van der Waals surface area contributed by atoms with Crippen LogP contribution in [-0.2, 0) is 0 Å². The molecule has 1 aromatic heterocycles. The Kier molecular flexibility index (Phi) is 3.69. The smallest absolute Gasteiger partial charge is 0.137 e. The molecule has 0 saturated heterocycles. The van der Waals surface area contributed by atoms with E-state index in [0.29, 0.717) is 11.6 Å². The molecule has 2 atom stereocenters. The summed E-state index contributed by atoms with van der Waals surface area (Å²) in [5.41, 5.74) is 7.43. The number of aliphatic hydroxyl groups excluding tert-OH is 1. The summed E-state index contributed by atoms with van der Waals surface area (Å²) in [6, 6.07) is 5.64. The third-order valence-corrected chi connectivity index (χ3v) is 3.97. The van der Waals surface area contributed by atoms with E-state index in [0.717, 1.165) is 48.9 Å². The summed E-state index contributed by atoms with van der Waals surface area (Å²) >= 11 is 0. The fourth-order valence-electron chi connectivity index (χ4n) is 2.90. The first kappa shape index (κ1) is 13.1. The minimum absolute atomic E-state index is 0.145. The number of benzene rings is 1. The van der Waals surface area contributed by atoms with Crippen LogP contribution in [-0.4, -0.2) is 27.7 Å². The second-order valence-electron chi connectivity index (χ2n) is 5.57. The number of nitrogens with zero attached hydrogens (tertiary/aromatic N) is 2. The third kappa shape index (κ3) is 2.82. The number of aromatic nitrogens is 2. The number of aliphatic hydroxyl groups is 1. The summed E-state index contributed by atoms with van der Waals surface area (Å²) in [4.78, 5) is 8.55. The third-order valence-electron chi connectivity index (χ3n) is 3.97. The Balaban J connectivity index is 1.75. The molecule has 106 valence electrons. The number of anilines is 2. The summed E-state index contributed by atoms with van der Waals surface area (Å²) in [5, 5.41) is 14.1. The molecule has 3 rings (SSSR count). The van der Waals surface area contributed by atoms with Crippen LogP contribution < -0.4 is 11.1 Å². The highest BCUT2D eigenvalue weighted by molar-refractivity contribution is 5.91. The van der Waals surface area contributed by atoms with E-state index in [-0.39, 0.29) is 6.10 Å². The van der Waals surface area contributed by atoms with Crippen molar-refractivity contribution in [1.29, 1.82) is 0 Å². The zero-order valence-electron chi connectivity index (χ0n) is 11.4. The van der Waals surface area contributed by atoms with E-state index < -0.39 is 0 Å². The molecule has 2 aromatic rings. The maximum absolute atomic E-state index is 9.72. The van der Waals surface area contributed by atoms with E-state index in [1.54, 1.807) is 6.33 Å². The number of nitrogen functional groups attached to an aromatic ring is 1. The number of rotatable bonds is 3. The lowest BCUT2D eigenvalue weighted by molar-refractivity contribution is 0.104. The van der Waals surface area contributed by atoms with Crippen molar-refractivity contribution in [3.63, 3.8) is 0 Å². The van der Waals surface area contributed by atoms with Gasteiger partial charge in [0.05, 0.1) is 11.6 Å². The van der Waals surface area contributed by atoms with E-state index in [9.17, 15) is 5.11 Å². The largest absolute Gasteiger partial charge is 0.399 e. The van der Waals surface area contributed by atoms with Crippen LogP contribution in [0.5, 0.6) is 0 Å². The van der Waals surface area contributed by atoms with Crippen LogP contribution >= 0.6 is 0 Å². The summed E-state index contributed by atoms with van der Waals surface area (Å²) in [6.45, 7) is 0.831. The Morgan fingerprint density at radius 1 is 1.30 bits per heavy atom. The highest BCUT2D eigenvalue weighted by Crippen LogP contribution is 2.26. The van der Waals surface area contributed by atoms with Gasteiger partial charge in [0.2, 0.25) is 0 Å². The summed E-state index contributed by atoms with van der Waals surface area (Å²) in [5.74, 6) is 1.33. The Hall–Kier alpha value is -1.88. The molecule has 4 N–H and O–H groups in total. The molecule has 1 heterocycles. The first-order valence-corrected chi connectivity index (χ1v) is 7.14. The van der Waals surface area contributed by atoms with Crippen LogP contribution in [0.2, 0.25) is 0 Å². The summed E-state index contributed by atoms with van der Waals surface area (Å²) < 4.78 is 0. The molecule has 5 nitrogen and oxygen atoms in total. The fraction of sp³-hybridized carbons (Fsp3) is 0.467. The SMILES string of the molecule is Nc1ccc2ncnc(NCC3CCCC(O)C3)c2c1. The second-order valence-corrected chi connectivity index (χ2v) is 5.57. The summed E-state index contributed by atoms with van der Waals surface area (Å²) in [6.07, 6.45) is 5.49. The van der Waals surface area contributed by atoms with Gasteiger partial charge in [0.25, 0.3) is 0 Å². The zero-order valence-corrected chi connectivity index (χ0v) is 11.4. The predicted molar refractivity (Wildman–Crippen MR) is 80.4 cm³/mol. The minimum Gasteiger partial charge on any atom is -0.399 e. The number of hydrogen-bond acceptors (Lipinski definition) is 5. The molecule has 0 spiro atoms. The van der Waals surface area contributed by atoms with Crippen LogP contribution in [0.15, 0.2) is 24.5 Å². The average Bonchev–Trinajstić information content (AvgIpc) is 2.45. The normalized spacial score (nSPS) is 22.9. The zero-order chi connectivity index (χ0) is 13.9. The maximum atomic E-state index is 9.72. The molecule has 0 radical (unpaired) electrons. The lowest BCUT2D eigenvalue weighted by Gasteiger charge is -2.26. The molecule has 0 amide bonds. The molecule has 1 aliphatic rings. The van der Waals surface area contributed by atoms with Crippen LogP contribution in [0.3, 0.4) is 0 Å². The van der Waals surface area contributed by atoms with Crippen molar-refractivity contribution in [2.24, 2.45) is 5.92 Å². The Labute approximate surface area is 118 Å². The molecule has 1 saturated carbocycles. The molecule has 20 heavy (non-hydrogen) atoms. The van der Waals surface area contributed by atoms with Crippen molar-refractivity contribution in [3.05, 3.63) is 24.5 Å². The van der Waals surface area contributed by atoms with Crippen molar-refractivity contribution in [2.75, 3.05) is 17.6 Å². The molecule has 0 aliphatic heterocycles. The predicted octanol–water partition coefficient (Wildman–Crippen LogP) is 2.17. The van der Waals surface area contributed by atoms with Gasteiger partial charge in [-0.3, -0.25) is 0 Å². The van der Waals surface area contributed by atoms with Crippen molar-refractivity contribution >= 4 is 22.4 Å². The Morgan fingerprint density at radius 3 is 3.05 bits per heavy atom. The standard InChI is InChI=1S/C15H20N4O/c16-11-4-5-14-13(7-11)15(19-9-18-14)17-8-10-2-1-3-12(20)6-10/h4-5,7,9-10,12,20H,1-3,6,8,16H2,(H,17,18,19). The van der Waals surface area contributed by atoms with E-state index in [1.807, 2.05) is 18.2 Å². The monoisotopic (exact) mass is 272 g/mol. The van der Waals surface area contributed by atoms with E-state index in [1.165, 1.54) is 0 Å². The Bertz CT molecular complexity index is 601. The lowest BCUT2D eigenvalue weighted by Crippen LogP contribution is -2.25. The van der Waals surface area contributed by atoms with Crippen molar-refractivity contribution in [2.45, 2.75) is 31.8 Å². The lowest BCUT2D eigenvalue weighted by atomic mass is 9.87. The second kappa shape index (κ2) is 5.63. The molecular formula is C15H20N4O. The van der Waals surface area contributed by atoms with Gasteiger partial charge in [-0.1, -0.05) is 6.42 Å². The number of hydrogen-bond donors (Lipinski definition) is 3. The average molecular weight is 272 g/mol. The van der Waals surface area contributed by atoms with Gasteiger partial charge in [0.15, 0.2) is 0 Å². The van der Waals surface area contributed by atoms with Crippen LogP contribution in [0, 0.1) is 5.92 Å². The molecule has 0 bridgehead atoms. The van der Waals surface area contributed by atoms with Gasteiger partial charge in [0, 0.05) is 17.6 Å². The van der Waals surface area contributed by atoms with Crippen LogP contribution in [0.1, 0.15) is 25.7 Å². The van der Waals surface area contributed by atoms with Gasteiger partial charge >= 0.3 is 0 Å². The maximum Gasteiger partial charge on any atom is 0.137 e. The van der Waals surface area contributed by atoms with E-state index in [2.05, 4.69) is 15.3 Å². The van der Waals surface area contributed by atoms with Gasteiger partial charge in [-0.05, 0) is 43.4 Å². The highest BCUT2D eigenvalue weighted by atomic mass is 16.3. The van der Waals surface area contributed by atoms with Crippen molar-refractivity contribution < 1.29 is 5.11 Å². The first-order valence-electron chi connectivity index (χ1n) is 7.14. The van der Waals surface area contributed by atoms with Crippen molar-refractivity contribution in [3.8, 4) is 0 Å². The number of fused-ring (bicyclic) bond motifs is 1. The molecule has 2 unspecified atom stereocenters. The summed E-state index contributed by atoms with van der Waals surface area (Å²) in [7, 11) is 0. The van der Waals surface area contributed by atoms with Gasteiger partial charge in [-0.25, -0.2) is 9.97 Å². The highest BCUT2D eigenvalue weighted by Gasteiger charge is 2.20. The Morgan fingerprint density at radius 2 is 2.20 bits per heavy atom. The van der Waals surface area contributed by atoms with Gasteiger partial charge in [0.1, 0.15) is 12.1 Å². The minimum atomic E-state index is -0.145. The topological polar surface area (TPSA) is 84.1 Å². The van der Waals surface area contributed by atoms with E-state index >= 15 is 0 Å². The quantitative estimate of drug-likeness (QED) is 0.746. The first-order chi connectivity index (χ1) is 9.72. The van der Waals surface area contributed by atoms with Gasteiger partial charge in [-0.2, -0.15) is 0 Å². The number of nitrogens with one attached hydrogen (secondary N) is 1. The van der Waals surface area contributed by atoms with Gasteiger partial charge in [-0.15, -0.1) is 0 Å². The van der Waals surface area contributed by atoms with Crippen LogP contribution in [0.25, 0.3) is 10.9 Å². The molecular weight excluding hydrogens is 252 g/mol. The van der Waals surface area contributed by atoms with E-state index in [4.69, 9.17) is 5.73 Å². The van der Waals surface area contributed by atoms with Gasteiger partial charge < -0.3 is 16.2 Å². The van der Waals surface area contributed by atoms with Crippen LogP contribution in [0.4, 0.5) is 11.5 Å². The fourth-order valence-corrected chi connectivity index (χ4v) is 2.90. The van der Waals surface area contributed by atoms with Crippen molar-refractivity contribution in [1.82, 2.24) is 9.97 Å². The molecule has 5 heteroatoms. The molecule has 1 aromatic carbocycles.